The molecule has 1 aromatic heterocycles. The highest BCUT2D eigenvalue weighted by atomic mass is 16.5. The van der Waals surface area contributed by atoms with E-state index in [4.69, 9.17) is 10.3 Å². The van der Waals surface area contributed by atoms with Crippen molar-refractivity contribution in [2.24, 2.45) is 11.7 Å². The molecule has 1 atom stereocenters. The van der Waals surface area contributed by atoms with Crippen molar-refractivity contribution in [1.82, 2.24) is 10.1 Å². The van der Waals surface area contributed by atoms with Crippen LogP contribution in [-0.2, 0) is 0 Å². The second kappa shape index (κ2) is 6.18. The fourth-order valence-electron chi connectivity index (χ4n) is 2.13. The molecule has 1 heterocycles. The lowest BCUT2D eigenvalue weighted by molar-refractivity contribution is 0.335. The molecule has 20 heavy (non-hydrogen) atoms. The van der Waals surface area contributed by atoms with Crippen molar-refractivity contribution in [1.29, 1.82) is 0 Å². The van der Waals surface area contributed by atoms with E-state index in [1.54, 1.807) is 0 Å². The van der Waals surface area contributed by atoms with Crippen molar-refractivity contribution < 1.29 is 4.52 Å². The van der Waals surface area contributed by atoms with Crippen LogP contribution >= 0.6 is 0 Å². The molecule has 0 saturated carbocycles. The average molecular weight is 273 g/mol. The molecule has 0 aliphatic carbocycles. The number of benzene rings is 1. The van der Waals surface area contributed by atoms with E-state index in [0.717, 1.165) is 12.0 Å². The fraction of sp³-hybridized carbons (Fsp3) is 0.500. The van der Waals surface area contributed by atoms with E-state index < -0.39 is 0 Å². The number of aromatic nitrogens is 2. The van der Waals surface area contributed by atoms with Gasteiger partial charge in [-0.1, -0.05) is 57.1 Å². The highest BCUT2D eigenvalue weighted by Crippen LogP contribution is 2.23. The van der Waals surface area contributed by atoms with Gasteiger partial charge in [0.1, 0.15) is 0 Å². The van der Waals surface area contributed by atoms with Gasteiger partial charge in [0.2, 0.25) is 11.7 Å². The largest absolute Gasteiger partial charge is 0.337 e. The first-order chi connectivity index (χ1) is 9.47. The van der Waals surface area contributed by atoms with E-state index in [9.17, 15) is 0 Å². The molecule has 0 amide bonds. The van der Waals surface area contributed by atoms with E-state index in [2.05, 4.69) is 50.0 Å². The predicted molar refractivity (Wildman–Crippen MR) is 80.2 cm³/mol. The molecule has 0 bridgehead atoms. The van der Waals surface area contributed by atoms with Gasteiger partial charge in [0.15, 0.2) is 0 Å². The third-order valence-corrected chi connectivity index (χ3v) is 3.32. The van der Waals surface area contributed by atoms with Crippen LogP contribution in [0.1, 0.15) is 57.5 Å². The summed E-state index contributed by atoms with van der Waals surface area (Å²) in [4.78, 5) is 4.41. The molecule has 0 aliphatic heterocycles. The fourth-order valence-corrected chi connectivity index (χ4v) is 2.13. The van der Waals surface area contributed by atoms with Crippen molar-refractivity contribution in [3.05, 3.63) is 35.7 Å². The van der Waals surface area contributed by atoms with Crippen molar-refractivity contribution in [2.45, 2.75) is 46.1 Å². The second-order valence-corrected chi connectivity index (χ2v) is 5.97. The third kappa shape index (κ3) is 3.45. The Kier molecular flexibility index (Phi) is 4.55. The van der Waals surface area contributed by atoms with Crippen LogP contribution in [0.2, 0.25) is 0 Å². The monoisotopic (exact) mass is 273 g/mol. The van der Waals surface area contributed by atoms with Crippen molar-refractivity contribution in [3.8, 4) is 11.4 Å². The Morgan fingerprint density at radius 1 is 1.10 bits per heavy atom. The highest BCUT2D eigenvalue weighted by molar-refractivity contribution is 5.54. The lowest BCUT2D eigenvalue weighted by Gasteiger charge is -2.08. The summed E-state index contributed by atoms with van der Waals surface area (Å²) < 4.78 is 5.27. The lowest BCUT2D eigenvalue weighted by atomic mass is 10.0. The molecule has 4 heteroatoms. The standard InChI is InChI=1S/C16H23N3O/c1-10(2)9-14(17)16-18-15(19-20-16)13-7-5-12(6-8-13)11(3)4/h5-8,10-11,14H,9,17H2,1-4H3/t14-/m0/s1. The van der Waals surface area contributed by atoms with Gasteiger partial charge >= 0.3 is 0 Å². The predicted octanol–water partition coefficient (Wildman–Crippen LogP) is 3.91. The van der Waals surface area contributed by atoms with Gasteiger partial charge in [-0.05, 0) is 23.8 Å². The molecule has 2 rings (SSSR count). The zero-order valence-corrected chi connectivity index (χ0v) is 12.6. The molecule has 0 unspecified atom stereocenters. The van der Waals surface area contributed by atoms with Crippen LogP contribution in [0.3, 0.4) is 0 Å². The topological polar surface area (TPSA) is 64.9 Å². The zero-order valence-electron chi connectivity index (χ0n) is 12.6. The Bertz CT molecular complexity index is 543. The smallest absolute Gasteiger partial charge is 0.243 e. The molecule has 0 radical (unpaired) electrons. The summed E-state index contributed by atoms with van der Waals surface area (Å²) in [5.41, 5.74) is 8.31. The molecule has 0 spiro atoms. The van der Waals surface area contributed by atoms with Gasteiger partial charge in [0, 0.05) is 5.56 Å². The Balaban J connectivity index is 2.16. The summed E-state index contributed by atoms with van der Waals surface area (Å²) in [6.07, 6.45) is 0.841. The van der Waals surface area contributed by atoms with Crippen molar-refractivity contribution in [3.63, 3.8) is 0 Å². The minimum Gasteiger partial charge on any atom is -0.337 e. The minimum atomic E-state index is -0.189. The summed E-state index contributed by atoms with van der Waals surface area (Å²) in [5, 5.41) is 4.02. The highest BCUT2D eigenvalue weighted by Gasteiger charge is 2.16. The second-order valence-electron chi connectivity index (χ2n) is 5.97. The molecule has 4 nitrogen and oxygen atoms in total. The van der Waals surface area contributed by atoms with Crippen molar-refractivity contribution >= 4 is 0 Å². The summed E-state index contributed by atoms with van der Waals surface area (Å²) in [6, 6.07) is 8.07. The normalized spacial score (nSPS) is 13.2. The Hall–Kier alpha value is -1.68. The summed E-state index contributed by atoms with van der Waals surface area (Å²) in [5.74, 6) is 2.14. The van der Waals surface area contributed by atoms with Gasteiger partial charge in [-0.15, -0.1) is 0 Å². The zero-order chi connectivity index (χ0) is 14.7. The number of hydrogen-bond acceptors (Lipinski definition) is 4. The first-order valence-corrected chi connectivity index (χ1v) is 7.17. The number of rotatable bonds is 5. The first-order valence-electron chi connectivity index (χ1n) is 7.17. The summed E-state index contributed by atoms with van der Waals surface area (Å²) >= 11 is 0. The van der Waals surface area contributed by atoms with Crippen LogP contribution in [-0.4, -0.2) is 10.1 Å². The average Bonchev–Trinajstić information content (AvgIpc) is 2.87. The Labute approximate surface area is 120 Å². The third-order valence-electron chi connectivity index (χ3n) is 3.32. The van der Waals surface area contributed by atoms with E-state index in [-0.39, 0.29) is 6.04 Å². The number of nitrogens with zero attached hydrogens (tertiary/aromatic N) is 2. The van der Waals surface area contributed by atoms with E-state index in [1.165, 1.54) is 5.56 Å². The van der Waals surface area contributed by atoms with Crippen LogP contribution in [0.4, 0.5) is 0 Å². The van der Waals surface area contributed by atoms with Crippen LogP contribution in [0.5, 0.6) is 0 Å². The van der Waals surface area contributed by atoms with Gasteiger partial charge in [-0.25, -0.2) is 0 Å². The quantitative estimate of drug-likeness (QED) is 0.897. The van der Waals surface area contributed by atoms with Crippen LogP contribution < -0.4 is 5.73 Å². The van der Waals surface area contributed by atoms with Crippen LogP contribution in [0, 0.1) is 5.92 Å². The summed E-state index contributed by atoms with van der Waals surface area (Å²) in [6.45, 7) is 8.60. The maximum atomic E-state index is 6.05. The van der Waals surface area contributed by atoms with E-state index in [1.807, 2.05) is 12.1 Å². The van der Waals surface area contributed by atoms with Crippen LogP contribution in [0.15, 0.2) is 28.8 Å². The summed E-state index contributed by atoms with van der Waals surface area (Å²) in [7, 11) is 0. The number of hydrogen-bond donors (Lipinski definition) is 1. The van der Waals surface area contributed by atoms with Crippen molar-refractivity contribution in [2.75, 3.05) is 0 Å². The van der Waals surface area contributed by atoms with Gasteiger partial charge in [0.25, 0.3) is 0 Å². The Morgan fingerprint density at radius 3 is 2.30 bits per heavy atom. The first kappa shape index (κ1) is 14.7. The molecule has 2 aromatic rings. The molecule has 0 saturated heterocycles. The number of nitrogens with two attached hydrogens (primary N) is 1. The maximum Gasteiger partial charge on any atom is 0.243 e. The van der Waals surface area contributed by atoms with Crippen LogP contribution in [0.25, 0.3) is 11.4 Å². The van der Waals surface area contributed by atoms with Gasteiger partial charge < -0.3 is 10.3 Å². The van der Waals surface area contributed by atoms with E-state index in [0.29, 0.717) is 23.6 Å². The molecular formula is C16H23N3O. The molecular weight excluding hydrogens is 250 g/mol. The molecule has 1 aromatic carbocycles. The SMILES string of the molecule is CC(C)C[C@H](N)c1nc(-c2ccc(C(C)C)cc2)no1. The minimum absolute atomic E-state index is 0.189. The molecule has 0 fully saturated rings. The van der Waals surface area contributed by atoms with E-state index >= 15 is 0 Å². The maximum absolute atomic E-state index is 6.05. The Morgan fingerprint density at radius 2 is 1.75 bits per heavy atom. The molecule has 0 aliphatic rings. The molecule has 2 N–H and O–H groups in total. The van der Waals surface area contributed by atoms with Gasteiger partial charge in [-0.2, -0.15) is 4.98 Å². The lowest BCUT2D eigenvalue weighted by Crippen LogP contribution is -2.13. The van der Waals surface area contributed by atoms with Gasteiger partial charge in [0.05, 0.1) is 6.04 Å². The van der Waals surface area contributed by atoms with Gasteiger partial charge in [-0.3, -0.25) is 0 Å². The molecule has 108 valence electrons.